The van der Waals surface area contributed by atoms with Crippen LogP contribution in [0.3, 0.4) is 0 Å². The molecule has 0 aliphatic heterocycles. The van der Waals surface area contributed by atoms with Gasteiger partial charge in [-0.3, -0.25) is 0 Å². The van der Waals surface area contributed by atoms with Gasteiger partial charge in [0, 0.05) is 0 Å². The van der Waals surface area contributed by atoms with Crippen LogP contribution >= 0.6 is 0 Å². The van der Waals surface area contributed by atoms with Gasteiger partial charge in [0.15, 0.2) is 27.1 Å². The molecule has 0 unspecified atom stereocenters. The van der Waals surface area contributed by atoms with E-state index in [9.17, 15) is 0 Å². The molecule has 26 heavy (non-hydrogen) atoms. The largest absolute Gasteiger partial charge is 0.381 e. The predicted molar refractivity (Wildman–Crippen MR) is 120 cm³/mol. The fourth-order valence-electron chi connectivity index (χ4n) is 3.69. The van der Waals surface area contributed by atoms with E-state index in [-0.39, 0.29) is 0 Å². The average Bonchev–Trinajstić information content (AvgIpc) is 2.71. The predicted octanol–water partition coefficient (Wildman–Crippen LogP) is 5.22. The average molecular weight is 413 g/mol. The van der Waals surface area contributed by atoms with E-state index in [1.165, 1.54) is 5.56 Å². The van der Waals surface area contributed by atoms with E-state index in [2.05, 4.69) is 71.9 Å². The molecule has 0 spiro atoms. The van der Waals surface area contributed by atoms with E-state index < -0.39 is 22.6 Å². The highest BCUT2D eigenvalue weighted by Crippen LogP contribution is 2.36. The minimum Gasteiger partial charge on any atom is -0.381 e. The van der Waals surface area contributed by atoms with E-state index in [0.29, 0.717) is 16.9 Å². The molecule has 0 saturated heterocycles. The van der Waals surface area contributed by atoms with E-state index in [4.69, 9.17) is 13.3 Å². The molecule has 0 aliphatic rings. The lowest BCUT2D eigenvalue weighted by Gasteiger charge is -2.46. The molecule has 150 valence electrons. The highest BCUT2D eigenvalue weighted by molar-refractivity contribution is 6.74. The third kappa shape index (κ3) is 5.87. The van der Waals surface area contributed by atoms with Gasteiger partial charge in [-0.1, -0.05) is 71.9 Å². The molecule has 0 saturated carbocycles. The second-order valence-corrected chi connectivity index (χ2v) is 17.0. The van der Waals surface area contributed by atoms with Gasteiger partial charge in [-0.25, -0.2) is 0 Å². The van der Waals surface area contributed by atoms with Crippen molar-refractivity contribution in [3.8, 4) is 0 Å². The smallest absolute Gasteiger partial charge is 0.257 e. The maximum absolute atomic E-state index is 6.95. The molecule has 1 aromatic rings. The monoisotopic (exact) mass is 412 g/mol. The molecule has 0 aliphatic carbocycles. The molecule has 0 aromatic heterocycles. The van der Waals surface area contributed by atoms with Crippen LogP contribution in [0.1, 0.15) is 47.1 Å². The zero-order valence-electron chi connectivity index (χ0n) is 18.1. The molecule has 0 bridgehead atoms. The van der Waals surface area contributed by atoms with E-state index >= 15 is 0 Å². The Morgan fingerprint density at radius 2 is 1.12 bits per heavy atom. The van der Waals surface area contributed by atoms with E-state index in [1.807, 2.05) is 0 Å². The van der Waals surface area contributed by atoms with Crippen molar-refractivity contribution in [2.45, 2.75) is 90.2 Å². The number of rotatable bonds is 13. The first-order valence-electron chi connectivity index (χ1n) is 10.4. The summed E-state index contributed by atoms with van der Waals surface area (Å²) in [5, 5.41) is 0. The van der Waals surface area contributed by atoms with Crippen LogP contribution in [0.4, 0.5) is 0 Å². The Labute approximate surface area is 166 Å². The van der Waals surface area contributed by atoms with E-state index in [1.54, 1.807) is 0 Å². The number of hydrogen-bond donors (Lipinski definition) is 0. The van der Waals surface area contributed by atoms with Gasteiger partial charge in [-0.2, -0.15) is 0 Å². The van der Waals surface area contributed by atoms with Gasteiger partial charge >= 0.3 is 0 Å². The van der Waals surface area contributed by atoms with Crippen LogP contribution in [0.2, 0.25) is 36.3 Å². The summed E-state index contributed by atoms with van der Waals surface area (Å²) in [4.78, 5) is 0. The Morgan fingerprint density at radius 3 is 1.42 bits per heavy atom. The van der Waals surface area contributed by atoms with Crippen molar-refractivity contribution in [3.63, 3.8) is 0 Å². The molecule has 6 heteroatoms. The Hall–Kier alpha value is -0.249. The maximum Gasteiger partial charge on any atom is 0.257 e. The molecular weight excluding hydrogens is 372 g/mol. The molecule has 0 N–H and O–H groups in total. The van der Waals surface area contributed by atoms with Gasteiger partial charge in [-0.05, 0) is 41.8 Å². The first kappa shape index (κ1) is 23.8. The van der Waals surface area contributed by atoms with Crippen LogP contribution in [-0.2, 0) is 19.7 Å². The first-order valence-corrected chi connectivity index (χ1v) is 16.3. The Kier molecular flexibility index (Phi) is 9.99. The van der Waals surface area contributed by atoms with Gasteiger partial charge in [0.2, 0.25) is 0 Å². The van der Waals surface area contributed by atoms with Crippen LogP contribution in [0.25, 0.3) is 0 Å². The van der Waals surface area contributed by atoms with Crippen LogP contribution in [0.15, 0.2) is 30.3 Å². The second kappa shape index (κ2) is 10.9. The van der Waals surface area contributed by atoms with Crippen molar-refractivity contribution >= 4 is 27.1 Å². The Balaban J connectivity index is 3.32. The highest BCUT2D eigenvalue weighted by atomic mass is 28.4. The zero-order chi connectivity index (χ0) is 19.7. The molecular formula is C20H40O3Si3. The molecule has 0 amide bonds. The maximum atomic E-state index is 6.95. The van der Waals surface area contributed by atoms with Crippen molar-refractivity contribution in [2.75, 3.05) is 0 Å². The topological polar surface area (TPSA) is 27.7 Å². The third-order valence-electron chi connectivity index (χ3n) is 6.18. The van der Waals surface area contributed by atoms with Gasteiger partial charge in [0.05, 0.1) is 6.42 Å². The summed E-state index contributed by atoms with van der Waals surface area (Å²) in [6, 6.07) is 17.1. The molecule has 3 nitrogen and oxygen atoms in total. The SMILES string of the molecule is CC[Si](CC)(CC)OC(Cc1ccccc1)(O[SiH3])O[Si](CC)(CC)CC. The van der Waals surface area contributed by atoms with Crippen molar-refractivity contribution < 1.29 is 13.3 Å². The summed E-state index contributed by atoms with van der Waals surface area (Å²) in [5.41, 5.74) is 1.22. The molecule has 0 heterocycles. The summed E-state index contributed by atoms with van der Waals surface area (Å²) >= 11 is 0. The van der Waals surface area contributed by atoms with Crippen molar-refractivity contribution in [2.24, 2.45) is 0 Å². The van der Waals surface area contributed by atoms with Crippen molar-refractivity contribution in [3.05, 3.63) is 35.9 Å². The summed E-state index contributed by atoms with van der Waals surface area (Å²) in [6.07, 6.45) is 0.681. The first-order chi connectivity index (χ1) is 12.4. The van der Waals surface area contributed by atoms with Gasteiger partial charge in [0.1, 0.15) is 0 Å². The van der Waals surface area contributed by atoms with Crippen molar-refractivity contribution in [1.82, 2.24) is 0 Å². The lowest BCUT2D eigenvalue weighted by molar-refractivity contribution is -0.264. The lowest BCUT2D eigenvalue weighted by Crippen LogP contribution is -2.57. The Bertz CT molecular complexity index is 464. The summed E-state index contributed by atoms with van der Waals surface area (Å²) in [7, 11) is -3.14. The summed E-state index contributed by atoms with van der Waals surface area (Å²) in [5.74, 6) is -0.893. The molecule has 0 atom stereocenters. The van der Waals surface area contributed by atoms with E-state index in [0.717, 1.165) is 36.3 Å². The highest BCUT2D eigenvalue weighted by Gasteiger charge is 2.47. The summed E-state index contributed by atoms with van der Waals surface area (Å²) < 4.78 is 20.1. The fraction of sp³-hybridized carbons (Fsp3) is 0.700. The standard InChI is InChI=1S/C20H40O3Si3/c1-7-25(8-2,9-3)22-20(21-24,18-19-16-14-13-15-17-19)23-26(10-4,11-5)12-6/h13-17H,7-12,18H2,1-6,24H3. The molecule has 1 rings (SSSR count). The lowest BCUT2D eigenvalue weighted by atomic mass is 10.1. The number of benzene rings is 1. The van der Waals surface area contributed by atoms with Crippen LogP contribution in [0, 0.1) is 0 Å². The van der Waals surface area contributed by atoms with Crippen molar-refractivity contribution in [1.29, 1.82) is 0 Å². The summed E-state index contributed by atoms with van der Waals surface area (Å²) in [6.45, 7) is 13.6. The zero-order valence-corrected chi connectivity index (χ0v) is 22.1. The second-order valence-electron chi connectivity index (χ2n) is 7.24. The third-order valence-corrected chi connectivity index (χ3v) is 16.0. The molecule has 1 aromatic carbocycles. The van der Waals surface area contributed by atoms with Gasteiger partial charge in [0.25, 0.3) is 5.97 Å². The van der Waals surface area contributed by atoms with Crippen LogP contribution < -0.4 is 0 Å². The normalized spacial score (nSPS) is 13.3. The van der Waals surface area contributed by atoms with Gasteiger partial charge < -0.3 is 13.3 Å². The number of hydrogen-bond acceptors (Lipinski definition) is 3. The molecule has 0 fully saturated rings. The minimum atomic E-state index is -1.87. The Morgan fingerprint density at radius 1 is 0.731 bits per heavy atom. The van der Waals surface area contributed by atoms with Crippen LogP contribution in [0.5, 0.6) is 0 Å². The fourth-order valence-corrected chi connectivity index (χ4v) is 9.99. The quantitative estimate of drug-likeness (QED) is 0.328. The van der Waals surface area contributed by atoms with Gasteiger partial charge in [-0.15, -0.1) is 0 Å². The van der Waals surface area contributed by atoms with Crippen LogP contribution in [-0.4, -0.2) is 33.1 Å². The minimum absolute atomic E-state index is 0.603. The molecule has 0 radical (unpaired) electrons.